The molecule has 4 rings (SSSR count). The smallest absolute Gasteiger partial charge is 0.313 e. The fourth-order valence-electron chi connectivity index (χ4n) is 8.39. The zero-order valence-electron chi connectivity index (χ0n) is 40.3. The topological polar surface area (TPSA) is 206 Å². The number of carbonyl (C=O) groups is 5. The van der Waals surface area contributed by atoms with Crippen molar-refractivity contribution >= 4 is 29.8 Å². The van der Waals surface area contributed by atoms with Crippen LogP contribution in [0.25, 0.3) is 0 Å². The first-order valence-electron chi connectivity index (χ1n) is 23.3. The molecule has 4 aromatic rings. The molecular weight excluding hydrogens is 1090 g/mol. The van der Waals surface area contributed by atoms with Crippen LogP contribution in [0.1, 0.15) is 113 Å². The first-order chi connectivity index (χ1) is 36.6. The van der Waals surface area contributed by atoms with E-state index in [4.69, 9.17) is 9.47 Å². The van der Waals surface area contributed by atoms with E-state index in [1.165, 1.54) is 0 Å². The molecule has 0 fully saturated rings. The minimum Gasteiger partial charge on any atom is -0.481 e. The number of hydrogen-bond donors (Lipinski definition) is 5. The molecule has 0 bridgehead atoms. The highest BCUT2D eigenvalue weighted by Gasteiger charge is 2.68. The van der Waals surface area contributed by atoms with Crippen molar-refractivity contribution in [2.45, 2.75) is 120 Å². The Labute approximate surface area is 431 Å². The number of aliphatic hydroxyl groups is 2. The van der Waals surface area contributed by atoms with Crippen molar-refractivity contribution in [3.63, 3.8) is 0 Å². The Morgan fingerprint density at radius 2 is 0.821 bits per heavy atom. The van der Waals surface area contributed by atoms with Gasteiger partial charge in [0, 0.05) is 25.7 Å². The minimum atomic E-state index is -4.77. The van der Waals surface area contributed by atoms with Gasteiger partial charge in [0.15, 0.2) is 46.5 Å². The van der Waals surface area contributed by atoms with Gasteiger partial charge in [0.1, 0.15) is 23.3 Å². The van der Waals surface area contributed by atoms with E-state index >= 15 is 35.1 Å². The van der Waals surface area contributed by atoms with Crippen LogP contribution in [-0.4, -0.2) is 69.0 Å². The molecular formula is C50H46F15NO12. The molecule has 0 radical (unpaired) electrons. The van der Waals surface area contributed by atoms with Gasteiger partial charge in [0.2, 0.25) is 52.4 Å². The number of nitrogens with one attached hydrogen (secondary N) is 1. The Kier molecular flexibility index (Phi) is 22.5. The lowest BCUT2D eigenvalue weighted by Crippen LogP contribution is -2.76. The Morgan fingerprint density at radius 3 is 1.23 bits per heavy atom. The van der Waals surface area contributed by atoms with E-state index in [0.29, 0.717) is 32.1 Å². The number of carboxylic acid groups (broad SMARTS) is 2. The van der Waals surface area contributed by atoms with Gasteiger partial charge in [0.05, 0.1) is 30.8 Å². The van der Waals surface area contributed by atoms with Crippen molar-refractivity contribution in [3.8, 4) is 5.75 Å². The van der Waals surface area contributed by atoms with Crippen molar-refractivity contribution in [1.29, 1.82) is 0 Å². The number of hydrogen-bond acceptors (Lipinski definition) is 10. The fraction of sp³-hybridized carbons (Fsp3) is 0.420. The van der Waals surface area contributed by atoms with Crippen LogP contribution >= 0.6 is 0 Å². The summed E-state index contributed by atoms with van der Waals surface area (Å²) in [6.07, 6.45) is -7.92. The predicted octanol–water partition coefficient (Wildman–Crippen LogP) is 10.1. The summed E-state index contributed by atoms with van der Waals surface area (Å²) in [7, 11) is 0. The molecule has 0 heterocycles. The van der Waals surface area contributed by atoms with E-state index < -0.39 is 202 Å². The number of unbranched alkanes of at least 4 members (excludes halogenated alkanes) is 7. The highest BCUT2D eigenvalue weighted by molar-refractivity contribution is 5.78. The molecule has 78 heavy (non-hydrogen) atoms. The molecule has 4 aromatic carbocycles. The largest absolute Gasteiger partial charge is 0.481 e. The third kappa shape index (κ3) is 14.2. The number of amides is 1. The number of carboxylic acids is 2. The SMILES string of the molecule is O=C(O)CCC(O)(c1c(F)c(F)c(F)c(F)c1F)C(COCCC(=O)Oc1c(F)c(F)c(F)c(F)c1F)(NC(=O)CCCCCCCCCCC(=O)OCc1ccccc1)C(O)(CCC(=O)O)c1c(F)c(F)c(F)c(F)c1F. The second-order valence-corrected chi connectivity index (χ2v) is 17.5. The van der Waals surface area contributed by atoms with Crippen molar-refractivity contribution in [3.05, 3.63) is 134 Å². The van der Waals surface area contributed by atoms with Gasteiger partial charge in [-0.1, -0.05) is 68.9 Å². The number of aliphatic carboxylic acids is 2. The van der Waals surface area contributed by atoms with Crippen LogP contribution < -0.4 is 10.1 Å². The van der Waals surface area contributed by atoms with Crippen molar-refractivity contribution < 1.29 is 124 Å². The summed E-state index contributed by atoms with van der Waals surface area (Å²) < 4.78 is 240. The molecule has 428 valence electrons. The van der Waals surface area contributed by atoms with Gasteiger partial charge in [0.25, 0.3) is 0 Å². The van der Waals surface area contributed by atoms with Crippen molar-refractivity contribution in [2.75, 3.05) is 13.2 Å². The third-order valence-electron chi connectivity index (χ3n) is 12.3. The molecule has 28 heteroatoms. The number of halogens is 15. The molecule has 0 saturated heterocycles. The monoisotopic (exact) mass is 1140 g/mol. The Balaban J connectivity index is 1.82. The average molecular weight is 1140 g/mol. The molecule has 2 unspecified atom stereocenters. The molecule has 1 amide bonds. The lowest BCUT2D eigenvalue weighted by molar-refractivity contribution is -0.209. The molecule has 0 aliphatic carbocycles. The van der Waals surface area contributed by atoms with E-state index in [2.05, 4.69) is 4.74 Å². The number of ether oxygens (including phenoxy) is 3. The summed E-state index contributed by atoms with van der Waals surface area (Å²) in [6, 6.07) is 8.85. The first kappa shape index (κ1) is 63.6. The maximum absolute atomic E-state index is 16.2. The molecule has 0 saturated carbocycles. The van der Waals surface area contributed by atoms with Crippen LogP contribution in [0.5, 0.6) is 5.75 Å². The van der Waals surface area contributed by atoms with E-state index in [1.54, 1.807) is 35.6 Å². The number of rotatable bonds is 30. The normalized spacial score (nSPS) is 13.8. The van der Waals surface area contributed by atoms with Crippen molar-refractivity contribution in [2.24, 2.45) is 0 Å². The van der Waals surface area contributed by atoms with Crippen LogP contribution in [0.3, 0.4) is 0 Å². The Hall–Kier alpha value is -6.94. The van der Waals surface area contributed by atoms with E-state index in [9.17, 15) is 75.1 Å². The third-order valence-corrected chi connectivity index (χ3v) is 12.3. The van der Waals surface area contributed by atoms with Gasteiger partial charge in [-0.2, -0.15) is 8.78 Å². The highest BCUT2D eigenvalue weighted by Crippen LogP contribution is 2.54. The second kappa shape index (κ2) is 27.6. The van der Waals surface area contributed by atoms with E-state index in [0.717, 1.165) is 5.56 Å². The Bertz CT molecular complexity index is 2680. The first-order valence-corrected chi connectivity index (χ1v) is 23.3. The summed E-state index contributed by atoms with van der Waals surface area (Å²) in [6.45, 7) is -3.88. The maximum atomic E-state index is 16.2. The molecule has 5 N–H and O–H groups in total. The molecule has 13 nitrogen and oxygen atoms in total. The molecule has 0 aliphatic heterocycles. The molecule has 2 atom stereocenters. The minimum absolute atomic E-state index is 0.0374. The van der Waals surface area contributed by atoms with Crippen LogP contribution in [0.2, 0.25) is 0 Å². The molecule has 0 spiro atoms. The summed E-state index contributed by atoms with van der Waals surface area (Å²) >= 11 is 0. The van der Waals surface area contributed by atoms with Gasteiger partial charge in [-0.05, 0) is 31.2 Å². The summed E-state index contributed by atoms with van der Waals surface area (Å²) in [5, 5.41) is 46.7. The highest BCUT2D eigenvalue weighted by atomic mass is 19.2. The number of esters is 2. The summed E-state index contributed by atoms with van der Waals surface area (Å²) in [5.41, 5.74) is -18.8. The van der Waals surface area contributed by atoms with Gasteiger partial charge < -0.3 is 40.0 Å². The number of benzene rings is 4. The van der Waals surface area contributed by atoms with Gasteiger partial charge in [-0.15, -0.1) is 0 Å². The summed E-state index contributed by atoms with van der Waals surface area (Å²) in [5.74, 6) is -55.2. The lowest BCUT2D eigenvalue weighted by atomic mass is 9.59. The second-order valence-electron chi connectivity index (χ2n) is 17.5. The summed E-state index contributed by atoms with van der Waals surface area (Å²) in [4.78, 5) is 63.3. The standard InChI is InChI=1S/C50H46F15NO12/c51-32-30(33(52)37(56)40(59)36(32)55)48(74,19-16-26(68)69)50(23-76-21-18-29(73)78-47-45(64)43(62)42(61)44(63)46(47)65,49(75,20-17-27(70)71)31-34(53)38(57)41(60)39(58)35(31)54)66-25(67)14-10-5-3-1-2-4-6-11-15-28(72)77-22-24-12-8-7-9-13-24/h7-9,12-13,74-75H,1-6,10-11,14-23H2,(H,66,67)(H,68,69)(H,70,71). The van der Waals surface area contributed by atoms with Gasteiger partial charge in [-0.3, -0.25) is 24.0 Å². The van der Waals surface area contributed by atoms with E-state index in [1.807, 2.05) is 0 Å². The van der Waals surface area contributed by atoms with Crippen LogP contribution in [0.4, 0.5) is 65.9 Å². The van der Waals surface area contributed by atoms with Crippen molar-refractivity contribution in [1.82, 2.24) is 5.32 Å². The fourth-order valence-corrected chi connectivity index (χ4v) is 8.39. The van der Waals surface area contributed by atoms with Gasteiger partial charge >= 0.3 is 23.9 Å². The van der Waals surface area contributed by atoms with Crippen LogP contribution in [0, 0.1) is 87.3 Å². The van der Waals surface area contributed by atoms with Crippen LogP contribution in [0.15, 0.2) is 30.3 Å². The lowest BCUT2D eigenvalue weighted by Gasteiger charge is -2.56. The maximum Gasteiger partial charge on any atom is 0.313 e. The average Bonchev–Trinajstić information content (AvgIpc) is 3.14. The zero-order chi connectivity index (χ0) is 58.4. The van der Waals surface area contributed by atoms with E-state index in [-0.39, 0.29) is 32.3 Å². The molecule has 0 aliphatic rings. The zero-order valence-corrected chi connectivity index (χ0v) is 40.3. The Morgan fingerprint density at radius 1 is 0.449 bits per heavy atom. The van der Waals surface area contributed by atoms with Crippen LogP contribution in [-0.2, 0) is 51.3 Å². The predicted molar refractivity (Wildman–Crippen MR) is 235 cm³/mol. The number of carbonyl (C=O) groups excluding carboxylic acids is 3. The van der Waals surface area contributed by atoms with Gasteiger partial charge in [-0.25, -0.2) is 57.1 Å². The quantitative estimate of drug-likeness (QED) is 0.00826. The molecule has 0 aromatic heterocycles.